The van der Waals surface area contributed by atoms with Crippen molar-refractivity contribution >= 4 is 15.5 Å². The molecular formula is C12H19NO3S. The molecule has 0 radical (unpaired) electrons. The summed E-state index contributed by atoms with van der Waals surface area (Å²) in [5.41, 5.74) is 6.81. The molecule has 5 heteroatoms. The first-order valence-electron chi connectivity index (χ1n) is 5.64. The van der Waals surface area contributed by atoms with E-state index in [1.54, 1.807) is 19.1 Å². The number of aryl methyl sites for hydroxylation is 1. The average molecular weight is 257 g/mol. The molecule has 1 rings (SSSR count). The first kappa shape index (κ1) is 14.0. The Morgan fingerprint density at radius 2 is 2.06 bits per heavy atom. The number of anilines is 1. The molecule has 0 aromatic heterocycles. The van der Waals surface area contributed by atoms with Crippen LogP contribution >= 0.6 is 0 Å². The van der Waals surface area contributed by atoms with E-state index in [9.17, 15) is 8.42 Å². The van der Waals surface area contributed by atoms with Gasteiger partial charge in [0.15, 0.2) is 9.84 Å². The standard InChI is InChI=1S/C12H19NO3S/c1-3-16-7-4-8-17(14,15)12-9-11(13)6-5-10(12)2/h5-6,9H,3-4,7-8,13H2,1-2H3. The fourth-order valence-electron chi connectivity index (χ4n) is 1.56. The highest BCUT2D eigenvalue weighted by atomic mass is 32.2. The van der Waals surface area contributed by atoms with Crippen LogP contribution in [0.4, 0.5) is 5.69 Å². The molecule has 0 amide bonds. The lowest BCUT2D eigenvalue weighted by molar-refractivity contribution is 0.148. The monoisotopic (exact) mass is 257 g/mol. The highest BCUT2D eigenvalue weighted by molar-refractivity contribution is 7.91. The van der Waals surface area contributed by atoms with Gasteiger partial charge in [-0.05, 0) is 38.0 Å². The number of ether oxygens (including phenoxy) is 1. The molecule has 0 bridgehead atoms. The van der Waals surface area contributed by atoms with Crippen LogP contribution in [0.15, 0.2) is 23.1 Å². The maximum atomic E-state index is 12.1. The number of benzene rings is 1. The SMILES string of the molecule is CCOCCCS(=O)(=O)c1cc(N)ccc1C. The molecule has 1 aromatic rings. The van der Waals surface area contributed by atoms with Crippen molar-refractivity contribution in [2.24, 2.45) is 0 Å². The van der Waals surface area contributed by atoms with Gasteiger partial charge in [-0.1, -0.05) is 6.07 Å². The second kappa shape index (κ2) is 6.02. The molecule has 1 aromatic carbocycles. The van der Waals surface area contributed by atoms with Crippen molar-refractivity contribution in [3.8, 4) is 0 Å². The van der Waals surface area contributed by atoms with Crippen molar-refractivity contribution in [3.63, 3.8) is 0 Å². The number of hydrogen-bond acceptors (Lipinski definition) is 4. The Kier molecular flexibility index (Phi) is 4.96. The molecule has 0 aliphatic rings. The normalized spacial score (nSPS) is 11.6. The molecule has 0 atom stereocenters. The Morgan fingerprint density at radius 3 is 2.71 bits per heavy atom. The molecule has 0 unspecified atom stereocenters. The molecular weight excluding hydrogens is 238 g/mol. The van der Waals surface area contributed by atoms with Crippen LogP contribution in [0.2, 0.25) is 0 Å². The second-order valence-corrected chi connectivity index (χ2v) is 5.97. The van der Waals surface area contributed by atoms with Gasteiger partial charge in [-0.2, -0.15) is 0 Å². The summed E-state index contributed by atoms with van der Waals surface area (Å²) < 4.78 is 29.2. The minimum absolute atomic E-state index is 0.0945. The van der Waals surface area contributed by atoms with Gasteiger partial charge in [0, 0.05) is 18.9 Å². The molecule has 0 aliphatic carbocycles. The topological polar surface area (TPSA) is 69.4 Å². The van der Waals surface area contributed by atoms with Crippen LogP contribution in [0.25, 0.3) is 0 Å². The van der Waals surface area contributed by atoms with Crippen molar-refractivity contribution in [2.45, 2.75) is 25.2 Å². The molecule has 0 heterocycles. The van der Waals surface area contributed by atoms with E-state index in [1.807, 2.05) is 6.92 Å². The van der Waals surface area contributed by atoms with E-state index in [-0.39, 0.29) is 5.75 Å². The molecule has 0 spiro atoms. The van der Waals surface area contributed by atoms with E-state index < -0.39 is 9.84 Å². The van der Waals surface area contributed by atoms with Crippen molar-refractivity contribution in [1.29, 1.82) is 0 Å². The summed E-state index contributed by atoms with van der Waals surface area (Å²) in [5, 5.41) is 0. The zero-order chi connectivity index (χ0) is 12.9. The van der Waals surface area contributed by atoms with E-state index >= 15 is 0 Å². The van der Waals surface area contributed by atoms with Crippen molar-refractivity contribution < 1.29 is 13.2 Å². The summed E-state index contributed by atoms with van der Waals surface area (Å²) in [6.07, 6.45) is 0.504. The van der Waals surface area contributed by atoms with Crippen LogP contribution in [-0.2, 0) is 14.6 Å². The van der Waals surface area contributed by atoms with E-state index in [0.29, 0.717) is 30.2 Å². The van der Waals surface area contributed by atoms with Crippen LogP contribution in [0.1, 0.15) is 18.9 Å². The minimum atomic E-state index is -3.25. The number of sulfone groups is 1. The number of hydrogen-bond donors (Lipinski definition) is 1. The Morgan fingerprint density at radius 1 is 1.35 bits per heavy atom. The van der Waals surface area contributed by atoms with Gasteiger partial charge < -0.3 is 10.5 Å². The first-order chi connectivity index (χ1) is 7.97. The maximum Gasteiger partial charge on any atom is 0.178 e. The fourth-order valence-corrected chi connectivity index (χ4v) is 3.15. The maximum absolute atomic E-state index is 12.1. The van der Waals surface area contributed by atoms with Gasteiger partial charge in [-0.15, -0.1) is 0 Å². The third kappa shape index (κ3) is 4.02. The largest absolute Gasteiger partial charge is 0.399 e. The van der Waals surface area contributed by atoms with Crippen molar-refractivity contribution in [1.82, 2.24) is 0 Å². The van der Waals surface area contributed by atoms with Crippen molar-refractivity contribution in [3.05, 3.63) is 23.8 Å². The quantitative estimate of drug-likeness (QED) is 0.623. The Bertz CT molecular complexity index is 469. The van der Waals surface area contributed by atoms with Gasteiger partial charge in [-0.25, -0.2) is 8.42 Å². The molecule has 0 fully saturated rings. The summed E-state index contributed by atoms with van der Waals surface area (Å²) in [4.78, 5) is 0.328. The molecule has 2 N–H and O–H groups in total. The third-order valence-electron chi connectivity index (χ3n) is 2.45. The predicted molar refractivity (Wildman–Crippen MR) is 68.8 cm³/mol. The number of nitrogen functional groups attached to an aromatic ring is 1. The second-order valence-electron chi connectivity index (χ2n) is 3.89. The lowest BCUT2D eigenvalue weighted by Crippen LogP contribution is -2.11. The zero-order valence-electron chi connectivity index (χ0n) is 10.3. The fraction of sp³-hybridized carbons (Fsp3) is 0.500. The van der Waals surface area contributed by atoms with Crippen LogP contribution < -0.4 is 5.73 Å². The lowest BCUT2D eigenvalue weighted by Gasteiger charge is -2.08. The summed E-state index contributed by atoms with van der Waals surface area (Å²) in [6, 6.07) is 4.95. The molecule has 17 heavy (non-hydrogen) atoms. The highest BCUT2D eigenvalue weighted by Gasteiger charge is 2.16. The van der Waals surface area contributed by atoms with Crippen LogP contribution in [0.3, 0.4) is 0 Å². The Hall–Kier alpha value is -1.07. The zero-order valence-corrected chi connectivity index (χ0v) is 11.1. The molecule has 0 saturated heterocycles. The van der Waals surface area contributed by atoms with Gasteiger partial charge in [0.1, 0.15) is 0 Å². The van der Waals surface area contributed by atoms with Crippen LogP contribution in [0.5, 0.6) is 0 Å². The van der Waals surface area contributed by atoms with Gasteiger partial charge in [0.2, 0.25) is 0 Å². The van der Waals surface area contributed by atoms with Gasteiger partial charge in [-0.3, -0.25) is 0 Å². The summed E-state index contributed by atoms with van der Waals surface area (Å²) in [5.74, 6) is 0.0945. The molecule has 96 valence electrons. The molecule has 0 saturated carbocycles. The Balaban J connectivity index is 2.79. The summed E-state index contributed by atoms with van der Waals surface area (Å²) >= 11 is 0. The van der Waals surface area contributed by atoms with E-state index in [0.717, 1.165) is 5.56 Å². The average Bonchev–Trinajstić information content (AvgIpc) is 2.28. The number of nitrogens with two attached hydrogens (primary N) is 1. The number of rotatable bonds is 6. The van der Waals surface area contributed by atoms with Gasteiger partial charge in [0.05, 0.1) is 10.6 Å². The van der Waals surface area contributed by atoms with E-state index in [2.05, 4.69) is 0 Å². The minimum Gasteiger partial charge on any atom is -0.399 e. The van der Waals surface area contributed by atoms with Crippen molar-refractivity contribution in [2.75, 3.05) is 24.7 Å². The van der Waals surface area contributed by atoms with Crippen LogP contribution in [0, 0.1) is 6.92 Å². The molecule has 0 aliphatic heterocycles. The molecule has 4 nitrogen and oxygen atoms in total. The van der Waals surface area contributed by atoms with E-state index in [4.69, 9.17) is 10.5 Å². The first-order valence-corrected chi connectivity index (χ1v) is 7.29. The summed E-state index contributed by atoms with van der Waals surface area (Å²) in [6.45, 7) is 4.74. The van der Waals surface area contributed by atoms with Gasteiger partial charge in [0.25, 0.3) is 0 Å². The Labute approximate surface area is 103 Å². The lowest BCUT2D eigenvalue weighted by atomic mass is 10.2. The van der Waals surface area contributed by atoms with Gasteiger partial charge >= 0.3 is 0 Å². The smallest absolute Gasteiger partial charge is 0.178 e. The highest BCUT2D eigenvalue weighted by Crippen LogP contribution is 2.20. The summed E-state index contributed by atoms with van der Waals surface area (Å²) in [7, 11) is -3.25. The third-order valence-corrected chi connectivity index (χ3v) is 4.39. The predicted octanol–water partition coefficient (Wildman–Crippen LogP) is 1.78. The van der Waals surface area contributed by atoms with Crippen LogP contribution in [-0.4, -0.2) is 27.4 Å². The van der Waals surface area contributed by atoms with E-state index in [1.165, 1.54) is 6.07 Å².